The molecule has 0 aromatic heterocycles. The normalized spacial score (nSPS) is 14.4. The number of hydrogen-bond acceptors (Lipinski definition) is 15. The van der Waals surface area contributed by atoms with E-state index in [1.807, 2.05) is 0 Å². The van der Waals surface area contributed by atoms with Gasteiger partial charge in [-0.1, -0.05) is 396 Å². The standard InChI is InChI=1S/C86H168O17P2/c1-9-78(7)64-56-48-40-32-26-19-15-13-11-12-14-16-21-28-34-42-50-58-66-83(88)96-72-81(102-85(90)68-60-52-43-35-29-22-18-17-20-27-33-41-49-57-65-79(8)10-2)74-100-104(92,93)98-70-80(87)71-99-105(94,95)101-75-82(73-97-84(89)67-59-51-45-37-39-47-55-63-77(5)6)103-86(91)69-61-53-44-36-30-24-23-25-31-38-46-54-62-76(3)4/h76-82,87H,9-75H2,1-8H3,(H,92,93)(H,94,95)/t78?,79?,80?,81-,82-/m1/s1. The Morgan fingerprint density at radius 2 is 0.457 bits per heavy atom. The highest BCUT2D eigenvalue weighted by Crippen LogP contribution is 2.45. The summed E-state index contributed by atoms with van der Waals surface area (Å²) in [6.07, 6.45) is 63.9. The summed E-state index contributed by atoms with van der Waals surface area (Å²) in [5.41, 5.74) is 0. The zero-order chi connectivity index (χ0) is 77.4. The van der Waals surface area contributed by atoms with Gasteiger partial charge in [0.05, 0.1) is 26.4 Å². The number of hydrogen-bond donors (Lipinski definition) is 3. The summed E-state index contributed by atoms with van der Waals surface area (Å²) in [6.45, 7) is 14.4. The van der Waals surface area contributed by atoms with Crippen molar-refractivity contribution in [2.24, 2.45) is 23.7 Å². The number of phosphoric ester groups is 2. The molecule has 0 aliphatic carbocycles. The molecule has 0 aromatic carbocycles. The maximum Gasteiger partial charge on any atom is 0.472 e. The zero-order valence-electron chi connectivity index (χ0n) is 69.4. The molecule has 624 valence electrons. The SMILES string of the molecule is CCC(C)CCCCCCCCCCCCCCCCCCCCC(=O)OC[C@H](COP(=O)(O)OCC(O)COP(=O)(O)OC[C@@H](COC(=O)CCCCCCCCCC(C)C)OC(=O)CCCCCCCCCCCCCCC(C)C)OC(=O)CCCCCCCCCCCCCCCCC(C)CC. The van der Waals surface area contributed by atoms with Gasteiger partial charge in [0.2, 0.25) is 0 Å². The van der Waals surface area contributed by atoms with Crippen LogP contribution in [0.15, 0.2) is 0 Å². The topological polar surface area (TPSA) is 237 Å². The van der Waals surface area contributed by atoms with E-state index in [0.29, 0.717) is 31.6 Å². The predicted molar refractivity (Wildman–Crippen MR) is 432 cm³/mol. The Labute approximate surface area is 645 Å². The van der Waals surface area contributed by atoms with E-state index in [-0.39, 0.29) is 25.7 Å². The molecule has 0 saturated heterocycles. The van der Waals surface area contributed by atoms with Crippen LogP contribution in [0.3, 0.4) is 0 Å². The smallest absolute Gasteiger partial charge is 0.462 e. The number of aliphatic hydroxyl groups excluding tert-OH is 1. The van der Waals surface area contributed by atoms with E-state index < -0.39 is 97.5 Å². The van der Waals surface area contributed by atoms with Gasteiger partial charge >= 0.3 is 39.5 Å². The molecule has 5 unspecified atom stereocenters. The van der Waals surface area contributed by atoms with Gasteiger partial charge in [-0.25, -0.2) is 9.13 Å². The molecule has 0 fully saturated rings. The average Bonchev–Trinajstić information content (AvgIpc) is 0.910. The zero-order valence-corrected chi connectivity index (χ0v) is 71.2. The third-order valence-electron chi connectivity index (χ3n) is 20.8. The summed E-state index contributed by atoms with van der Waals surface area (Å²) >= 11 is 0. The summed E-state index contributed by atoms with van der Waals surface area (Å²) in [7, 11) is -9.93. The first kappa shape index (κ1) is 103. The Bertz CT molecular complexity index is 2050. The number of unbranched alkanes of at least 4 members (excludes halogenated alkanes) is 47. The molecule has 0 aromatic rings. The summed E-state index contributed by atoms with van der Waals surface area (Å²) in [5.74, 6) is 1.09. The quantitative estimate of drug-likeness (QED) is 0.0222. The molecule has 0 bridgehead atoms. The molecule has 105 heavy (non-hydrogen) atoms. The van der Waals surface area contributed by atoms with Crippen LogP contribution in [-0.2, 0) is 65.4 Å². The van der Waals surface area contributed by atoms with Crippen LogP contribution in [0.4, 0.5) is 0 Å². The summed E-state index contributed by atoms with van der Waals surface area (Å²) in [5, 5.41) is 10.7. The molecule has 19 heteroatoms. The van der Waals surface area contributed by atoms with E-state index in [4.69, 9.17) is 37.0 Å². The lowest BCUT2D eigenvalue weighted by Crippen LogP contribution is -2.30. The van der Waals surface area contributed by atoms with Crippen molar-refractivity contribution >= 4 is 39.5 Å². The fourth-order valence-corrected chi connectivity index (χ4v) is 14.8. The van der Waals surface area contributed by atoms with Crippen molar-refractivity contribution in [2.45, 2.75) is 465 Å². The van der Waals surface area contributed by atoms with Crippen LogP contribution in [0.5, 0.6) is 0 Å². The van der Waals surface area contributed by atoms with E-state index in [0.717, 1.165) is 114 Å². The van der Waals surface area contributed by atoms with Crippen molar-refractivity contribution in [3.8, 4) is 0 Å². The molecule has 3 N–H and O–H groups in total. The number of carbonyl (C=O) groups is 4. The van der Waals surface area contributed by atoms with Gasteiger partial charge in [0.15, 0.2) is 12.2 Å². The lowest BCUT2D eigenvalue weighted by molar-refractivity contribution is -0.161. The van der Waals surface area contributed by atoms with Gasteiger partial charge in [0, 0.05) is 25.7 Å². The Hall–Kier alpha value is -1.94. The van der Waals surface area contributed by atoms with Crippen molar-refractivity contribution in [3.05, 3.63) is 0 Å². The third-order valence-corrected chi connectivity index (χ3v) is 22.7. The second kappa shape index (κ2) is 74.8. The lowest BCUT2D eigenvalue weighted by Gasteiger charge is -2.21. The molecule has 0 aliphatic rings. The molecule has 0 heterocycles. The van der Waals surface area contributed by atoms with E-state index in [1.54, 1.807) is 0 Å². The molecule has 0 spiro atoms. The van der Waals surface area contributed by atoms with Gasteiger partial charge in [-0.15, -0.1) is 0 Å². The molecule has 0 aliphatic heterocycles. The van der Waals surface area contributed by atoms with Crippen molar-refractivity contribution in [3.63, 3.8) is 0 Å². The number of carbonyl (C=O) groups excluding carboxylic acids is 4. The van der Waals surface area contributed by atoms with Crippen LogP contribution in [0, 0.1) is 23.7 Å². The van der Waals surface area contributed by atoms with Crippen molar-refractivity contribution in [1.82, 2.24) is 0 Å². The number of rotatable bonds is 83. The minimum Gasteiger partial charge on any atom is -0.462 e. The Balaban J connectivity index is 5.22. The Morgan fingerprint density at radius 1 is 0.267 bits per heavy atom. The third kappa shape index (κ3) is 77.2. The van der Waals surface area contributed by atoms with Crippen LogP contribution < -0.4 is 0 Å². The minimum absolute atomic E-state index is 0.106. The second-order valence-electron chi connectivity index (χ2n) is 32.4. The molecule has 7 atom stereocenters. The van der Waals surface area contributed by atoms with Gasteiger partial charge in [-0.2, -0.15) is 0 Å². The van der Waals surface area contributed by atoms with Crippen LogP contribution in [0.1, 0.15) is 447 Å². The first-order valence-electron chi connectivity index (χ1n) is 44.3. The highest BCUT2D eigenvalue weighted by Gasteiger charge is 2.31. The van der Waals surface area contributed by atoms with Crippen molar-refractivity contribution < 1.29 is 80.2 Å². The van der Waals surface area contributed by atoms with E-state index in [2.05, 4.69) is 55.4 Å². The molecule has 0 radical (unpaired) electrons. The molecule has 0 saturated carbocycles. The molecule has 17 nitrogen and oxygen atoms in total. The monoisotopic (exact) mass is 1540 g/mol. The lowest BCUT2D eigenvalue weighted by atomic mass is 9.99. The van der Waals surface area contributed by atoms with Crippen LogP contribution in [-0.4, -0.2) is 96.7 Å². The predicted octanol–water partition coefficient (Wildman–Crippen LogP) is 25.9. The first-order valence-corrected chi connectivity index (χ1v) is 47.3. The Morgan fingerprint density at radius 3 is 0.676 bits per heavy atom. The van der Waals surface area contributed by atoms with E-state index in [1.165, 1.54) is 244 Å². The van der Waals surface area contributed by atoms with Crippen LogP contribution in [0.2, 0.25) is 0 Å². The summed E-state index contributed by atoms with van der Waals surface area (Å²) in [4.78, 5) is 73.2. The first-order chi connectivity index (χ1) is 50.7. The van der Waals surface area contributed by atoms with Gasteiger partial charge in [0.25, 0.3) is 0 Å². The molecular weight excluding hydrogens is 1370 g/mol. The number of ether oxygens (including phenoxy) is 4. The fourth-order valence-electron chi connectivity index (χ4n) is 13.3. The van der Waals surface area contributed by atoms with Gasteiger partial charge in [-0.05, 0) is 49.4 Å². The maximum absolute atomic E-state index is 13.1. The van der Waals surface area contributed by atoms with E-state index >= 15 is 0 Å². The van der Waals surface area contributed by atoms with Crippen molar-refractivity contribution in [1.29, 1.82) is 0 Å². The van der Waals surface area contributed by atoms with Crippen LogP contribution >= 0.6 is 15.6 Å². The summed E-state index contributed by atoms with van der Waals surface area (Å²) in [6, 6.07) is 0. The van der Waals surface area contributed by atoms with Gasteiger partial charge in [0.1, 0.15) is 19.3 Å². The highest BCUT2D eigenvalue weighted by atomic mass is 31.2. The Kier molecular flexibility index (Phi) is 73.4. The maximum atomic E-state index is 13.1. The number of phosphoric acid groups is 2. The minimum atomic E-state index is -4.97. The van der Waals surface area contributed by atoms with Crippen molar-refractivity contribution in [2.75, 3.05) is 39.6 Å². The largest absolute Gasteiger partial charge is 0.472 e. The van der Waals surface area contributed by atoms with Gasteiger partial charge in [-0.3, -0.25) is 37.3 Å². The van der Waals surface area contributed by atoms with Gasteiger partial charge < -0.3 is 33.8 Å². The van der Waals surface area contributed by atoms with Crippen LogP contribution in [0.25, 0.3) is 0 Å². The van der Waals surface area contributed by atoms with E-state index in [9.17, 15) is 43.2 Å². The highest BCUT2D eigenvalue weighted by molar-refractivity contribution is 7.47. The fraction of sp³-hybridized carbons (Fsp3) is 0.953. The summed E-state index contributed by atoms with van der Waals surface area (Å²) < 4.78 is 68.9. The second-order valence-corrected chi connectivity index (χ2v) is 35.3. The molecule has 0 amide bonds. The molecular formula is C86H168O17P2. The number of esters is 4. The number of aliphatic hydroxyl groups is 1. The molecule has 0 rings (SSSR count). The average molecular weight is 1540 g/mol.